The summed E-state index contributed by atoms with van der Waals surface area (Å²) >= 11 is 0. The predicted molar refractivity (Wildman–Crippen MR) is 101 cm³/mol. The number of pyridine rings is 1. The SMILES string of the molecule is COc1ccc2c(c1)nc(/C=C/c1ccc(F)cc1)n2-c1ccccn1. The second-order valence-corrected chi connectivity index (χ2v) is 5.73. The molecule has 0 fully saturated rings. The minimum Gasteiger partial charge on any atom is -0.497 e. The second-order valence-electron chi connectivity index (χ2n) is 5.73. The summed E-state index contributed by atoms with van der Waals surface area (Å²) in [4.78, 5) is 9.16. The van der Waals surface area contributed by atoms with Crippen LogP contribution >= 0.6 is 0 Å². The first-order valence-electron chi connectivity index (χ1n) is 8.16. The molecular weight excluding hydrogens is 329 g/mol. The van der Waals surface area contributed by atoms with Crippen LogP contribution in [0.3, 0.4) is 0 Å². The number of hydrogen-bond donors (Lipinski definition) is 0. The van der Waals surface area contributed by atoms with E-state index in [1.54, 1.807) is 25.4 Å². The van der Waals surface area contributed by atoms with Crippen LogP contribution in [0.2, 0.25) is 0 Å². The molecule has 2 aromatic heterocycles. The highest BCUT2D eigenvalue weighted by Gasteiger charge is 2.12. The zero-order valence-electron chi connectivity index (χ0n) is 14.1. The van der Waals surface area contributed by atoms with E-state index < -0.39 is 0 Å². The van der Waals surface area contributed by atoms with Crippen molar-refractivity contribution in [1.29, 1.82) is 0 Å². The number of methoxy groups -OCH3 is 1. The predicted octanol–water partition coefficient (Wildman–Crippen LogP) is 4.74. The molecule has 0 aliphatic rings. The zero-order valence-corrected chi connectivity index (χ0v) is 14.1. The van der Waals surface area contributed by atoms with Crippen molar-refractivity contribution in [2.75, 3.05) is 7.11 Å². The molecule has 0 saturated heterocycles. The lowest BCUT2D eigenvalue weighted by Gasteiger charge is -2.06. The van der Waals surface area contributed by atoms with Gasteiger partial charge in [-0.05, 0) is 48.0 Å². The number of hydrogen-bond acceptors (Lipinski definition) is 3. The van der Waals surface area contributed by atoms with Gasteiger partial charge in [0.25, 0.3) is 0 Å². The quantitative estimate of drug-likeness (QED) is 0.536. The van der Waals surface area contributed by atoms with Gasteiger partial charge in [0.05, 0.1) is 18.1 Å². The number of aromatic nitrogens is 3. The molecule has 0 aliphatic heterocycles. The number of imidazole rings is 1. The molecule has 4 rings (SSSR count). The van der Waals surface area contributed by atoms with E-state index in [4.69, 9.17) is 9.72 Å². The molecule has 0 saturated carbocycles. The Balaban J connectivity index is 1.85. The number of ether oxygens (including phenoxy) is 1. The maximum absolute atomic E-state index is 13.1. The normalized spacial score (nSPS) is 11.3. The van der Waals surface area contributed by atoms with Crippen molar-refractivity contribution in [1.82, 2.24) is 14.5 Å². The van der Waals surface area contributed by atoms with Gasteiger partial charge in [-0.25, -0.2) is 14.4 Å². The van der Waals surface area contributed by atoms with Gasteiger partial charge in [-0.15, -0.1) is 0 Å². The van der Waals surface area contributed by atoms with Crippen LogP contribution in [-0.4, -0.2) is 21.6 Å². The van der Waals surface area contributed by atoms with Crippen LogP contribution in [0.4, 0.5) is 4.39 Å². The van der Waals surface area contributed by atoms with Crippen LogP contribution < -0.4 is 4.74 Å². The van der Waals surface area contributed by atoms with E-state index in [0.717, 1.165) is 34.0 Å². The van der Waals surface area contributed by atoms with Crippen molar-refractivity contribution in [2.24, 2.45) is 0 Å². The van der Waals surface area contributed by atoms with Gasteiger partial charge in [0.2, 0.25) is 0 Å². The minimum atomic E-state index is -0.255. The number of benzene rings is 2. The highest BCUT2D eigenvalue weighted by atomic mass is 19.1. The summed E-state index contributed by atoms with van der Waals surface area (Å²) in [5.74, 6) is 2.00. The lowest BCUT2D eigenvalue weighted by molar-refractivity contribution is 0.415. The third-order valence-corrected chi connectivity index (χ3v) is 4.06. The van der Waals surface area contributed by atoms with Crippen LogP contribution in [-0.2, 0) is 0 Å². The van der Waals surface area contributed by atoms with Crippen molar-refractivity contribution in [3.63, 3.8) is 0 Å². The maximum Gasteiger partial charge on any atom is 0.139 e. The maximum atomic E-state index is 13.1. The average molecular weight is 345 g/mol. The lowest BCUT2D eigenvalue weighted by atomic mass is 10.2. The van der Waals surface area contributed by atoms with Crippen LogP contribution in [0.5, 0.6) is 5.75 Å². The fourth-order valence-corrected chi connectivity index (χ4v) is 2.79. The molecule has 0 spiro atoms. The second kappa shape index (κ2) is 6.80. The standard InChI is InChI=1S/C21H16FN3O/c1-26-17-10-11-19-18(14-17)24-21(25(19)20-4-2-3-13-23-20)12-7-15-5-8-16(22)9-6-15/h2-14H,1H3/b12-7+. The fraction of sp³-hybridized carbons (Fsp3) is 0.0476. The number of nitrogens with zero attached hydrogens (tertiary/aromatic N) is 3. The van der Waals surface area contributed by atoms with Crippen LogP contribution in [0.25, 0.3) is 29.0 Å². The molecule has 128 valence electrons. The first kappa shape index (κ1) is 16.0. The average Bonchev–Trinajstić information content (AvgIpc) is 3.05. The van der Waals surface area contributed by atoms with Crippen molar-refractivity contribution in [3.8, 4) is 11.6 Å². The molecule has 2 heterocycles. The summed E-state index contributed by atoms with van der Waals surface area (Å²) in [7, 11) is 1.63. The summed E-state index contributed by atoms with van der Waals surface area (Å²) in [6.45, 7) is 0. The molecule has 5 heteroatoms. The molecule has 4 nitrogen and oxygen atoms in total. The largest absolute Gasteiger partial charge is 0.497 e. The summed E-state index contributed by atoms with van der Waals surface area (Å²) in [6.07, 6.45) is 5.55. The van der Waals surface area contributed by atoms with Gasteiger partial charge in [-0.1, -0.05) is 24.3 Å². The Kier molecular flexibility index (Phi) is 4.19. The van der Waals surface area contributed by atoms with Gasteiger partial charge in [0, 0.05) is 12.3 Å². The van der Waals surface area contributed by atoms with E-state index in [0.29, 0.717) is 0 Å². The van der Waals surface area contributed by atoms with E-state index in [1.165, 1.54) is 12.1 Å². The minimum absolute atomic E-state index is 0.255. The summed E-state index contributed by atoms with van der Waals surface area (Å²) < 4.78 is 20.4. The number of fused-ring (bicyclic) bond motifs is 1. The summed E-state index contributed by atoms with van der Waals surface area (Å²) in [6, 6.07) is 17.8. The monoisotopic (exact) mass is 345 g/mol. The first-order chi connectivity index (χ1) is 12.7. The van der Waals surface area contributed by atoms with Crippen molar-refractivity contribution < 1.29 is 9.13 Å². The zero-order chi connectivity index (χ0) is 17.9. The van der Waals surface area contributed by atoms with Gasteiger partial charge >= 0.3 is 0 Å². The van der Waals surface area contributed by atoms with Crippen molar-refractivity contribution >= 4 is 23.2 Å². The van der Waals surface area contributed by atoms with Gasteiger partial charge in [-0.2, -0.15) is 0 Å². The molecule has 0 atom stereocenters. The lowest BCUT2D eigenvalue weighted by Crippen LogP contribution is -1.99. The summed E-state index contributed by atoms with van der Waals surface area (Å²) in [5.41, 5.74) is 2.64. The van der Waals surface area contributed by atoms with Crippen molar-refractivity contribution in [3.05, 3.63) is 84.1 Å². The van der Waals surface area contributed by atoms with Gasteiger partial charge < -0.3 is 4.74 Å². The van der Waals surface area contributed by atoms with Crippen LogP contribution in [0.15, 0.2) is 66.9 Å². The van der Waals surface area contributed by atoms with Crippen LogP contribution in [0, 0.1) is 5.82 Å². The molecule has 0 radical (unpaired) electrons. The Morgan fingerprint density at radius 1 is 1.00 bits per heavy atom. The van der Waals surface area contributed by atoms with E-state index in [1.807, 2.05) is 53.1 Å². The first-order valence-corrected chi connectivity index (χ1v) is 8.16. The molecule has 26 heavy (non-hydrogen) atoms. The van der Waals surface area contributed by atoms with E-state index in [2.05, 4.69) is 4.98 Å². The molecule has 0 amide bonds. The number of rotatable bonds is 4. The third-order valence-electron chi connectivity index (χ3n) is 4.06. The Labute approximate surface area is 150 Å². The Morgan fingerprint density at radius 2 is 1.85 bits per heavy atom. The molecule has 2 aromatic carbocycles. The van der Waals surface area contributed by atoms with Gasteiger partial charge in [-0.3, -0.25) is 4.57 Å². The smallest absolute Gasteiger partial charge is 0.139 e. The topological polar surface area (TPSA) is 39.9 Å². The van der Waals surface area contributed by atoms with E-state index in [9.17, 15) is 4.39 Å². The molecule has 0 bridgehead atoms. The summed E-state index contributed by atoms with van der Waals surface area (Å²) in [5, 5.41) is 0. The highest BCUT2D eigenvalue weighted by Crippen LogP contribution is 2.25. The van der Waals surface area contributed by atoms with Crippen LogP contribution in [0.1, 0.15) is 11.4 Å². The number of halogens is 1. The molecule has 0 unspecified atom stereocenters. The Bertz CT molecular complexity index is 1070. The third kappa shape index (κ3) is 3.07. The van der Waals surface area contributed by atoms with Gasteiger partial charge in [0.15, 0.2) is 0 Å². The Morgan fingerprint density at radius 3 is 2.58 bits per heavy atom. The van der Waals surface area contributed by atoms with Gasteiger partial charge in [0.1, 0.15) is 23.2 Å². The molecule has 0 N–H and O–H groups in total. The van der Waals surface area contributed by atoms with Crippen molar-refractivity contribution in [2.45, 2.75) is 0 Å². The molecule has 4 aromatic rings. The Hall–Kier alpha value is -3.47. The van der Waals surface area contributed by atoms with E-state index in [-0.39, 0.29) is 5.82 Å². The molecule has 0 aliphatic carbocycles. The fourth-order valence-electron chi connectivity index (χ4n) is 2.79. The molecular formula is C21H16FN3O. The van der Waals surface area contributed by atoms with E-state index >= 15 is 0 Å². The highest BCUT2D eigenvalue weighted by molar-refractivity contribution is 5.83.